The molecule has 0 N–H and O–H groups in total. The van der Waals surface area contributed by atoms with Crippen molar-refractivity contribution in [1.29, 1.82) is 0 Å². The molecule has 0 atom stereocenters. The Labute approximate surface area is 119 Å². The van der Waals surface area contributed by atoms with Crippen LogP contribution in [0.3, 0.4) is 0 Å². The van der Waals surface area contributed by atoms with E-state index >= 15 is 0 Å². The number of ether oxygens (including phenoxy) is 1. The lowest BCUT2D eigenvalue weighted by molar-refractivity contribution is -0.131. The molecule has 0 spiro atoms. The van der Waals surface area contributed by atoms with Gasteiger partial charge in [-0.3, -0.25) is 9.59 Å². The average Bonchev–Trinajstić information content (AvgIpc) is 2.34. The van der Waals surface area contributed by atoms with Gasteiger partial charge in [-0.15, -0.1) is 0 Å². The lowest BCUT2D eigenvalue weighted by atomic mass is 9.88. The molecule has 0 bridgehead atoms. The van der Waals surface area contributed by atoms with E-state index in [9.17, 15) is 9.59 Å². The predicted octanol–water partition coefficient (Wildman–Crippen LogP) is 3.06. The van der Waals surface area contributed by atoms with Crippen LogP contribution >= 0.6 is 0 Å². The van der Waals surface area contributed by atoms with Crippen molar-refractivity contribution in [3.63, 3.8) is 0 Å². The number of aldehydes is 1. The van der Waals surface area contributed by atoms with Gasteiger partial charge >= 0.3 is 5.97 Å². The normalized spacial score (nSPS) is 16.2. The second-order valence-electron chi connectivity index (χ2n) is 5.66. The minimum Gasteiger partial charge on any atom is -0.426 e. The molecule has 0 amide bonds. The second-order valence-corrected chi connectivity index (χ2v) is 5.66. The Morgan fingerprint density at radius 1 is 1.35 bits per heavy atom. The lowest BCUT2D eigenvalue weighted by Gasteiger charge is -2.40. The first kappa shape index (κ1) is 14.3. The molecule has 1 aromatic carbocycles. The van der Waals surface area contributed by atoms with E-state index in [0.717, 1.165) is 16.8 Å². The van der Waals surface area contributed by atoms with Gasteiger partial charge in [-0.25, -0.2) is 0 Å². The van der Waals surface area contributed by atoms with Gasteiger partial charge in [0.2, 0.25) is 0 Å². The molecule has 0 unspecified atom stereocenters. The first-order valence-corrected chi connectivity index (χ1v) is 6.51. The quantitative estimate of drug-likeness (QED) is 0.472. The number of anilines is 1. The zero-order chi connectivity index (χ0) is 15.1. The Hall–Kier alpha value is -2.10. The molecule has 0 fully saturated rings. The van der Waals surface area contributed by atoms with E-state index in [2.05, 4.69) is 24.8 Å². The SMILES string of the molecule is CC(=O)Oc1cc2c(cc1C=O)C(C)=CC(C)(C)N2C. The Bertz CT molecular complexity index is 614. The van der Waals surface area contributed by atoms with Crippen molar-refractivity contribution in [3.05, 3.63) is 29.3 Å². The van der Waals surface area contributed by atoms with E-state index < -0.39 is 5.97 Å². The van der Waals surface area contributed by atoms with E-state index in [1.807, 2.05) is 14.0 Å². The summed E-state index contributed by atoms with van der Waals surface area (Å²) in [6.45, 7) is 7.57. The topological polar surface area (TPSA) is 46.6 Å². The molecule has 1 heterocycles. The minimum absolute atomic E-state index is 0.132. The molecule has 0 aliphatic carbocycles. The van der Waals surface area contributed by atoms with Crippen molar-refractivity contribution in [2.45, 2.75) is 33.2 Å². The highest BCUT2D eigenvalue weighted by Crippen LogP contribution is 2.40. The van der Waals surface area contributed by atoms with Crippen LogP contribution in [0, 0.1) is 0 Å². The number of hydrogen-bond acceptors (Lipinski definition) is 4. The fourth-order valence-corrected chi connectivity index (χ4v) is 2.53. The Kier molecular flexibility index (Phi) is 3.42. The first-order valence-electron chi connectivity index (χ1n) is 6.51. The summed E-state index contributed by atoms with van der Waals surface area (Å²) in [5, 5.41) is 0. The summed E-state index contributed by atoms with van der Waals surface area (Å²) in [4.78, 5) is 24.5. The Morgan fingerprint density at radius 3 is 2.55 bits per heavy atom. The number of esters is 1. The maximum Gasteiger partial charge on any atom is 0.308 e. The maximum atomic E-state index is 11.2. The molecular formula is C16H19NO3. The van der Waals surface area contributed by atoms with Crippen molar-refractivity contribution in [1.82, 2.24) is 0 Å². The highest BCUT2D eigenvalue weighted by molar-refractivity contribution is 5.90. The lowest BCUT2D eigenvalue weighted by Crippen LogP contribution is -2.42. The molecule has 0 saturated carbocycles. The van der Waals surface area contributed by atoms with Gasteiger partial charge in [0.05, 0.1) is 11.1 Å². The van der Waals surface area contributed by atoms with Gasteiger partial charge in [0, 0.05) is 31.3 Å². The molecule has 106 valence electrons. The average molecular weight is 273 g/mol. The molecule has 4 heteroatoms. The van der Waals surface area contributed by atoms with Gasteiger partial charge in [0.15, 0.2) is 6.29 Å². The number of carbonyl (C=O) groups excluding carboxylic acids is 2. The van der Waals surface area contributed by atoms with Crippen LogP contribution in [0.4, 0.5) is 5.69 Å². The van der Waals surface area contributed by atoms with Crippen LogP contribution in [-0.2, 0) is 4.79 Å². The van der Waals surface area contributed by atoms with Gasteiger partial charge in [0.1, 0.15) is 5.75 Å². The van der Waals surface area contributed by atoms with Crippen LogP contribution < -0.4 is 9.64 Å². The Morgan fingerprint density at radius 2 is 2.00 bits per heavy atom. The van der Waals surface area contributed by atoms with Gasteiger partial charge in [-0.1, -0.05) is 6.08 Å². The van der Waals surface area contributed by atoms with Crippen molar-refractivity contribution in [3.8, 4) is 5.75 Å². The van der Waals surface area contributed by atoms with Crippen LogP contribution in [0.25, 0.3) is 5.57 Å². The number of likely N-dealkylation sites (N-methyl/N-ethyl adjacent to an activating group) is 1. The monoisotopic (exact) mass is 273 g/mol. The number of nitrogens with zero attached hydrogens (tertiary/aromatic N) is 1. The molecule has 0 saturated heterocycles. The summed E-state index contributed by atoms with van der Waals surface area (Å²) in [6, 6.07) is 3.54. The summed E-state index contributed by atoms with van der Waals surface area (Å²) >= 11 is 0. The third kappa shape index (κ3) is 2.33. The molecule has 2 rings (SSSR count). The number of hydrogen-bond donors (Lipinski definition) is 0. The molecule has 1 aromatic rings. The van der Waals surface area contributed by atoms with Crippen LogP contribution in [-0.4, -0.2) is 24.8 Å². The van der Waals surface area contributed by atoms with Gasteiger partial charge in [-0.05, 0) is 32.4 Å². The van der Waals surface area contributed by atoms with Gasteiger partial charge < -0.3 is 9.64 Å². The number of rotatable bonds is 2. The van der Waals surface area contributed by atoms with Crippen molar-refractivity contribution < 1.29 is 14.3 Å². The van der Waals surface area contributed by atoms with Crippen LogP contribution in [0.5, 0.6) is 5.75 Å². The van der Waals surface area contributed by atoms with Gasteiger partial charge in [-0.2, -0.15) is 0 Å². The number of allylic oxidation sites excluding steroid dienone is 1. The molecule has 0 aromatic heterocycles. The van der Waals surface area contributed by atoms with E-state index in [1.165, 1.54) is 6.92 Å². The van der Waals surface area contributed by atoms with Gasteiger partial charge in [0.25, 0.3) is 0 Å². The zero-order valence-electron chi connectivity index (χ0n) is 12.5. The van der Waals surface area contributed by atoms with Crippen molar-refractivity contribution >= 4 is 23.5 Å². The van der Waals surface area contributed by atoms with Crippen LogP contribution in [0.2, 0.25) is 0 Å². The molecule has 20 heavy (non-hydrogen) atoms. The van der Waals surface area contributed by atoms with E-state index in [1.54, 1.807) is 12.1 Å². The molecular weight excluding hydrogens is 254 g/mol. The first-order chi connectivity index (χ1) is 9.26. The fourth-order valence-electron chi connectivity index (χ4n) is 2.53. The minimum atomic E-state index is -0.432. The number of benzene rings is 1. The highest BCUT2D eigenvalue weighted by Gasteiger charge is 2.29. The van der Waals surface area contributed by atoms with E-state index in [-0.39, 0.29) is 5.54 Å². The summed E-state index contributed by atoms with van der Waals surface area (Å²) in [7, 11) is 1.99. The third-order valence-corrected chi connectivity index (χ3v) is 3.73. The zero-order valence-corrected chi connectivity index (χ0v) is 12.5. The summed E-state index contributed by atoms with van der Waals surface area (Å²) < 4.78 is 5.14. The third-order valence-electron chi connectivity index (χ3n) is 3.73. The molecule has 1 aliphatic heterocycles. The van der Waals surface area contributed by atoms with Crippen LogP contribution in [0.1, 0.15) is 43.6 Å². The van der Waals surface area contributed by atoms with Crippen molar-refractivity contribution in [2.24, 2.45) is 0 Å². The largest absolute Gasteiger partial charge is 0.426 e. The summed E-state index contributed by atoms with van der Waals surface area (Å²) in [6.07, 6.45) is 2.88. The van der Waals surface area contributed by atoms with E-state index in [0.29, 0.717) is 17.6 Å². The Balaban J connectivity index is 2.65. The second kappa shape index (κ2) is 4.78. The highest BCUT2D eigenvalue weighted by atomic mass is 16.5. The predicted molar refractivity (Wildman–Crippen MR) is 79.3 cm³/mol. The van der Waals surface area contributed by atoms with Crippen molar-refractivity contribution in [2.75, 3.05) is 11.9 Å². The summed E-state index contributed by atoms with van der Waals surface area (Å²) in [5.41, 5.74) is 3.31. The molecule has 1 aliphatic rings. The smallest absolute Gasteiger partial charge is 0.308 e. The van der Waals surface area contributed by atoms with Crippen LogP contribution in [0.15, 0.2) is 18.2 Å². The standard InChI is InChI=1S/C16H19NO3/c1-10-8-16(3,4)17(5)14-7-15(20-11(2)19)12(9-18)6-13(10)14/h6-9H,1-5H3. The van der Waals surface area contributed by atoms with E-state index in [4.69, 9.17) is 4.74 Å². The molecule has 4 nitrogen and oxygen atoms in total. The number of carbonyl (C=O) groups is 2. The maximum absolute atomic E-state index is 11.2. The number of fused-ring (bicyclic) bond motifs is 1. The summed E-state index contributed by atoms with van der Waals surface area (Å²) in [5.74, 6) is -0.123. The fraction of sp³-hybridized carbons (Fsp3) is 0.375. The molecule has 0 radical (unpaired) electrons.